The van der Waals surface area contributed by atoms with Crippen LogP contribution in [0.2, 0.25) is 0 Å². The number of nitrogens with zero attached hydrogens (tertiary/aromatic N) is 1. The van der Waals surface area contributed by atoms with Crippen LogP contribution in [-0.2, 0) is 16.1 Å². The van der Waals surface area contributed by atoms with Gasteiger partial charge in [0, 0.05) is 4.88 Å². The third-order valence-corrected chi connectivity index (χ3v) is 4.43. The van der Waals surface area contributed by atoms with Crippen molar-refractivity contribution in [3.63, 3.8) is 0 Å². The van der Waals surface area contributed by atoms with Gasteiger partial charge >= 0.3 is 5.97 Å². The molecule has 2 N–H and O–H groups in total. The summed E-state index contributed by atoms with van der Waals surface area (Å²) in [6.45, 7) is 3.39. The molecule has 1 aliphatic rings. The smallest absolute Gasteiger partial charge is 0.320 e. The Morgan fingerprint density at radius 3 is 2.90 bits per heavy atom. The van der Waals surface area contributed by atoms with Crippen molar-refractivity contribution >= 4 is 35.6 Å². The predicted molar refractivity (Wildman–Crippen MR) is 80.4 cm³/mol. The van der Waals surface area contributed by atoms with Gasteiger partial charge in [0.25, 0.3) is 0 Å². The van der Waals surface area contributed by atoms with Crippen LogP contribution >= 0.6 is 23.7 Å². The molecule has 20 heavy (non-hydrogen) atoms. The summed E-state index contributed by atoms with van der Waals surface area (Å²) < 4.78 is 0. The van der Waals surface area contributed by atoms with E-state index >= 15 is 0 Å². The number of aliphatic carboxylic acids is 1. The molecule has 1 amide bonds. The van der Waals surface area contributed by atoms with Gasteiger partial charge in [-0.25, -0.2) is 0 Å². The fourth-order valence-electron chi connectivity index (χ4n) is 2.30. The van der Waals surface area contributed by atoms with E-state index in [1.807, 2.05) is 18.4 Å². The van der Waals surface area contributed by atoms with E-state index in [4.69, 9.17) is 5.11 Å². The van der Waals surface area contributed by atoms with Gasteiger partial charge in [0.05, 0.1) is 13.1 Å². The van der Waals surface area contributed by atoms with Crippen LogP contribution in [0.25, 0.3) is 0 Å². The number of halogens is 1. The molecule has 2 rings (SSSR count). The van der Waals surface area contributed by atoms with Crippen molar-refractivity contribution in [2.45, 2.75) is 32.4 Å². The molecular weight excluding hydrogens is 300 g/mol. The molecule has 1 atom stereocenters. The SMILES string of the molecule is Cc1ccsc1CNC(=O)CN1CCCC1C(=O)O.Cl. The van der Waals surface area contributed by atoms with Crippen LogP contribution in [0.3, 0.4) is 0 Å². The van der Waals surface area contributed by atoms with Crippen molar-refractivity contribution in [2.24, 2.45) is 0 Å². The molecule has 0 bridgehead atoms. The maximum absolute atomic E-state index is 11.8. The fraction of sp³-hybridized carbons (Fsp3) is 0.538. The van der Waals surface area contributed by atoms with E-state index in [0.29, 0.717) is 19.5 Å². The molecule has 1 unspecified atom stereocenters. The van der Waals surface area contributed by atoms with Crippen LogP contribution in [0, 0.1) is 6.92 Å². The normalized spacial score (nSPS) is 18.6. The Morgan fingerprint density at radius 1 is 1.55 bits per heavy atom. The van der Waals surface area contributed by atoms with E-state index in [9.17, 15) is 9.59 Å². The summed E-state index contributed by atoms with van der Waals surface area (Å²) in [7, 11) is 0. The quantitative estimate of drug-likeness (QED) is 0.866. The maximum Gasteiger partial charge on any atom is 0.320 e. The number of nitrogens with one attached hydrogen (secondary N) is 1. The molecule has 2 heterocycles. The monoisotopic (exact) mass is 318 g/mol. The summed E-state index contributed by atoms with van der Waals surface area (Å²) in [4.78, 5) is 25.7. The molecule has 0 aliphatic carbocycles. The van der Waals surface area contributed by atoms with Crippen LogP contribution in [-0.4, -0.2) is 41.0 Å². The van der Waals surface area contributed by atoms with E-state index in [1.54, 1.807) is 16.2 Å². The van der Waals surface area contributed by atoms with Crippen molar-refractivity contribution in [2.75, 3.05) is 13.1 Å². The maximum atomic E-state index is 11.8. The molecule has 1 aromatic heterocycles. The number of carboxylic acids is 1. The molecule has 1 fully saturated rings. The Bertz CT molecular complexity index is 478. The van der Waals surface area contributed by atoms with E-state index in [0.717, 1.165) is 11.3 Å². The number of carbonyl (C=O) groups is 2. The van der Waals surface area contributed by atoms with Gasteiger partial charge < -0.3 is 10.4 Å². The molecule has 5 nitrogen and oxygen atoms in total. The molecule has 112 valence electrons. The first-order chi connectivity index (χ1) is 9.08. The lowest BCUT2D eigenvalue weighted by Gasteiger charge is -2.20. The number of aryl methyl sites for hydroxylation is 1. The standard InChI is InChI=1S/C13H18N2O3S.ClH/c1-9-4-6-19-11(9)7-14-12(16)8-15-5-2-3-10(15)13(17)18;/h4,6,10H,2-3,5,7-8H2,1H3,(H,14,16)(H,17,18);1H. The first kappa shape index (κ1) is 16.9. The van der Waals surface area contributed by atoms with E-state index in [2.05, 4.69) is 5.32 Å². The lowest BCUT2D eigenvalue weighted by atomic mass is 10.2. The molecule has 7 heteroatoms. The number of carboxylic acid groups (broad SMARTS) is 1. The zero-order valence-corrected chi connectivity index (χ0v) is 12.9. The van der Waals surface area contributed by atoms with Crippen molar-refractivity contribution in [1.82, 2.24) is 10.2 Å². The van der Waals surface area contributed by atoms with E-state index in [-0.39, 0.29) is 24.9 Å². The number of carbonyl (C=O) groups excluding carboxylic acids is 1. The van der Waals surface area contributed by atoms with Crippen molar-refractivity contribution in [1.29, 1.82) is 0 Å². The Morgan fingerprint density at radius 2 is 2.30 bits per heavy atom. The van der Waals surface area contributed by atoms with Gasteiger partial charge in [-0.3, -0.25) is 14.5 Å². The zero-order chi connectivity index (χ0) is 13.8. The zero-order valence-electron chi connectivity index (χ0n) is 11.3. The number of hydrogen-bond donors (Lipinski definition) is 2. The molecule has 1 saturated heterocycles. The first-order valence-electron chi connectivity index (χ1n) is 6.34. The predicted octanol–water partition coefficient (Wildman–Crippen LogP) is 1.64. The second-order valence-corrected chi connectivity index (χ2v) is 5.77. The van der Waals surface area contributed by atoms with Crippen LogP contribution < -0.4 is 5.32 Å². The molecule has 0 aromatic carbocycles. The topological polar surface area (TPSA) is 69.6 Å². The van der Waals surface area contributed by atoms with Crippen LogP contribution in [0.4, 0.5) is 0 Å². The van der Waals surface area contributed by atoms with Gasteiger partial charge in [-0.15, -0.1) is 23.7 Å². The lowest BCUT2D eigenvalue weighted by molar-refractivity contribution is -0.142. The van der Waals surface area contributed by atoms with Crippen molar-refractivity contribution in [3.05, 3.63) is 21.9 Å². The van der Waals surface area contributed by atoms with Gasteiger partial charge in [0.1, 0.15) is 6.04 Å². The number of amides is 1. The number of thiophene rings is 1. The highest BCUT2D eigenvalue weighted by atomic mass is 35.5. The van der Waals surface area contributed by atoms with E-state index < -0.39 is 12.0 Å². The first-order valence-corrected chi connectivity index (χ1v) is 7.22. The number of rotatable bonds is 5. The average Bonchev–Trinajstić information content (AvgIpc) is 2.95. The van der Waals surface area contributed by atoms with Crippen molar-refractivity contribution < 1.29 is 14.7 Å². The minimum Gasteiger partial charge on any atom is -0.480 e. The fourth-order valence-corrected chi connectivity index (χ4v) is 3.15. The summed E-state index contributed by atoms with van der Waals surface area (Å²) >= 11 is 1.62. The molecule has 0 spiro atoms. The summed E-state index contributed by atoms with van der Waals surface area (Å²) in [6.07, 6.45) is 1.47. The Hall–Kier alpha value is -1.11. The summed E-state index contributed by atoms with van der Waals surface area (Å²) in [5.41, 5.74) is 1.18. The van der Waals surface area contributed by atoms with Gasteiger partial charge in [0.2, 0.25) is 5.91 Å². The van der Waals surface area contributed by atoms with Crippen molar-refractivity contribution in [3.8, 4) is 0 Å². The number of likely N-dealkylation sites (tertiary alicyclic amines) is 1. The minimum atomic E-state index is -0.834. The minimum absolute atomic E-state index is 0. The van der Waals surface area contributed by atoms with Gasteiger partial charge in [0.15, 0.2) is 0 Å². The molecular formula is C13H19ClN2O3S. The van der Waals surface area contributed by atoms with Gasteiger partial charge in [-0.05, 0) is 43.3 Å². The summed E-state index contributed by atoms with van der Waals surface area (Å²) in [5.74, 6) is -0.944. The highest BCUT2D eigenvalue weighted by Crippen LogP contribution is 2.17. The summed E-state index contributed by atoms with van der Waals surface area (Å²) in [5, 5.41) is 13.9. The molecule has 1 aliphatic heterocycles. The third kappa shape index (κ3) is 4.19. The Labute approximate surface area is 128 Å². The van der Waals surface area contributed by atoms with E-state index in [1.165, 1.54) is 5.56 Å². The largest absolute Gasteiger partial charge is 0.480 e. The van der Waals surface area contributed by atoms with Crippen LogP contribution in [0.5, 0.6) is 0 Å². The van der Waals surface area contributed by atoms with Gasteiger partial charge in [-0.2, -0.15) is 0 Å². The average molecular weight is 319 g/mol. The highest BCUT2D eigenvalue weighted by molar-refractivity contribution is 7.10. The van der Waals surface area contributed by atoms with Crippen LogP contribution in [0.15, 0.2) is 11.4 Å². The second-order valence-electron chi connectivity index (χ2n) is 4.77. The number of hydrogen-bond acceptors (Lipinski definition) is 4. The summed E-state index contributed by atoms with van der Waals surface area (Å²) in [6, 6.07) is 1.52. The Balaban J connectivity index is 0.00000200. The Kier molecular flexibility index (Phi) is 6.45. The van der Waals surface area contributed by atoms with Crippen LogP contribution in [0.1, 0.15) is 23.3 Å². The second kappa shape index (κ2) is 7.61. The molecule has 0 saturated carbocycles. The third-order valence-electron chi connectivity index (χ3n) is 3.41. The molecule has 1 aromatic rings. The molecule has 0 radical (unpaired) electrons. The lowest BCUT2D eigenvalue weighted by Crippen LogP contribution is -2.42. The van der Waals surface area contributed by atoms with Gasteiger partial charge in [-0.1, -0.05) is 0 Å². The highest BCUT2D eigenvalue weighted by Gasteiger charge is 2.31.